The van der Waals surface area contributed by atoms with Gasteiger partial charge in [-0.3, -0.25) is 0 Å². The van der Waals surface area contributed by atoms with Gasteiger partial charge in [0.05, 0.1) is 43.0 Å². The molecule has 104 valence electrons. The number of nitrogens with zero attached hydrogens (tertiary/aromatic N) is 2. The summed E-state index contributed by atoms with van der Waals surface area (Å²) in [6.45, 7) is 0.598. The van der Waals surface area contributed by atoms with Gasteiger partial charge in [-0.05, 0) is 6.07 Å². The Bertz CT molecular complexity index is 697. The predicted molar refractivity (Wildman–Crippen MR) is 64.4 cm³/mol. The lowest BCUT2D eigenvalue weighted by molar-refractivity contribution is 0.0595. The molecular weight excluding hydrogens is 270 g/mol. The van der Waals surface area contributed by atoms with Crippen LogP contribution >= 0.6 is 0 Å². The van der Waals surface area contributed by atoms with Gasteiger partial charge < -0.3 is 14.0 Å². The lowest BCUT2D eigenvalue weighted by atomic mass is 10.1. The number of imidazole rings is 1. The Kier molecular flexibility index (Phi) is 2.89. The highest BCUT2D eigenvalue weighted by Gasteiger charge is 2.28. The van der Waals surface area contributed by atoms with Crippen LogP contribution in [0.2, 0.25) is 0 Å². The second kappa shape index (κ2) is 4.59. The van der Waals surface area contributed by atoms with Gasteiger partial charge in [0.1, 0.15) is 6.61 Å². The molecule has 0 saturated heterocycles. The third-order valence-corrected chi connectivity index (χ3v) is 3.12. The molecule has 0 radical (unpaired) electrons. The molecule has 7 heteroatoms. The van der Waals surface area contributed by atoms with Crippen LogP contribution in [0.4, 0.5) is 8.78 Å². The van der Waals surface area contributed by atoms with E-state index in [9.17, 15) is 13.6 Å². The SMILES string of the molecule is COC(=O)c1cc(F)c2c(c1F)-c1cncn1CCO2. The zero-order chi connectivity index (χ0) is 14.3. The highest BCUT2D eigenvalue weighted by atomic mass is 19.1. The summed E-state index contributed by atoms with van der Waals surface area (Å²) in [5.74, 6) is -2.85. The Morgan fingerprint density at radius 1 is 1.50 bits per heavy atom. The number of esters is 1. The zero-order valence-electron chi connectivity index (χ0n) is 10.5. The number of carbonyl (C=O) groups excluding carboxylic acids is 1. The van der Waals surface area contributed by atoms with Crippen molar-refractivity contribution in [1.82, 2.24) is 9.55 Å². The molecule has 0 spiro atoms. The molecule has 1 aromatic heterocycles. The molecule has 0 unspecified atom stereocenters. The molecule has 0 aliphatic carbocycles. The summed E-state index contributed by atoms with van der Waals surface area (Å²) in [5, 5.41) is 0. The van der Waals surface area contributed by atoms with E-state index in [-0.39, 0.29) is 17.9 Å². The van der Waals surface area contributed by atoms with Crippen molar-refractivity contribution in [2.45, 2.75) is 6.54 Å². The minimum atomic E-state index is -0.945. The third-order valence-electron chi connectivity index (χ3n) is 3.12. The number of halogens is 2. The van der Waals surface area contributed by atoms with Gasteiger partial charge in [0.25, 0.3) is 0 Å². The van der Waals surface area contributed by atoms with E-state index in [0.29, 0.717) is 12.2 Å². The van der Waals surface area contributed by atoms with E-state index in [0.717, 1.165) is 13.2 Å². The van der Waals surface area contributed by atoms with E-state index in [2.05, 4.69) is 9.72 Å². The van der Waals surface area contributed by atoms with Gasteiger partial charge >= 0.3 is 5.97 Å². The first kappa shape index (κ1) is 12.6. The summed E-state index contributed by atoms with van der Waals surface area (Å²) in [6, 6.07) is 0.784. The molecular formula is C13H10F2N2O3. The lowest BCUT2D eigenvalue weighted by Gasteiger charge is -2.11. The molecule has 0 amide bonds. The summed E-state index contributed by atoms with van der Waals surface area (Å²) in [7, 11) is 1.10. The van der Waals surface area contributed by atoms with E-state index < -0.39 is 23.2 Å². The third kappa shape index (κ3) is 1.74. The predicted octanol–water partition coefficient (Wildman–Crippen LogP) is 2.01. The number of aromatic nitrogens is 2. The summed E-state index contributed by atoms with van der Waals surface area (Å²) in [4.78, 5) is 15.4. The van der Waals surface area contributed by atoms with Crippen molar-refractivity contribution >= 4 is 5.97 Å². The van der Waals surface area contributed by atoms with Gasteiger partial charge in [-0.2, -0.15) is 0 Å². The van der Waals surface area contributed by atoms with E-state index in [1.54, 1.807) is 4.57 Å². The van der Waals surface area contributed by atoms with Crippen LogP contribution in [0.25, 0.3) is 11.3 Å². The molecule has 3 rings (SSSR count). The number of hydrogen-bond donors (Lipinski definition) is 0. The summed E-state index contributed by atoms with van der Waals surface area (Å²) >= 11 is 0. The van der Waals surface area contributed by atoms with Crippen molar-refractivity contribution < 1.29 is 23.0 Å². The van der Waals surface area contributed by atoms with Crippen molar-refractivity contribution in [2.75, 3.05) is 13.7 Å². The number of rotatable bonds is 1. The Balaban J connectivity index is 2.32. The topological polar surface area (TPSA) is 53.3 Å². The maximum Gasteiger partial charge on any atom is 0.340 e. The Morgan fingerprint density at radius 2 is 2.30 bits per heavy atom. The van der Waals surface area contributed by atoms with Gasteiger partial charge in [-0.15, -0.1) is 0 Å². The smallest absolute Gasteiger partial charge is 0.340 e. The fraction of sp³-hybridized carbons (Fsp3) is 0.231. The highest BCUT2D eigenvalue weighted by Crippen LogP contribution is 2.38. The molecule has 20 heavy (non-hydrogen) atoms. The standard InChI is InChI=1S/C13H10F2N2O3/c1-19-13(18)7-4-8(14)12-10(11(7)15)9-5-16-6-17(9)2-3-20-12/h4-6H,2-3H2,1H3. The van der Waals surface area contributed by atoms with E-state index in [4.69, 9.17) is 4.74 Å². The van der Waals surface area contributed by atoms with Gasteiger partial charge in [0.2, 0.25) is 0 Å². The molecule has 0 atom stereocenters. The number of carbonyl (C=O) groups is 1. The van der Waals surface area contributed by atoms with Crippen LogP contribution in [0.3, 0.4) is 0 Å². The van der Waals surface area contributed by atoms with Crippen molar-refractivity contribution in [3.8, 4) is 17.0 Å². The fourth-order valence-corrected chi connectivity index (χ4v) is 2.19. The largest absolute Gasteiger partial charge is 0.488 e. The van der Waals surface area contributed by atoms with Gasteiger partial charge in [-0.1, -0.05) is 0 Å². The van der Waals surface area contributed by atoms with Crippen LogP contribution in [-0.4, -0.2) is 29.2 Å². The van der Waals surface area contributed by atoms with E-state index >= 15 is 0 Å². The van der Waals surface area contributed by atoms with Crippen molar-refractivity contribution in [3.63, 3.8) is 0 Å². The summed E-state index contributed by atoms with van der Waals surface area (Å²) < 4.78 is 39.9. The van der Waals surface area contributed by atoms with Crippen LogP contribution in [0, 0.1) is 11.6 Å². The molecule has 0 fully saturated rings. The van der Waals surface area contributed by atoms with E-state index in [1.807, 2.05) is 0 Å². The maximum absolute atomic E-state index is 14.5. The number of benzene rings is 1. The maximum atomic E-state index is 14.5. The van der Waals surface area contributed by atoms with Crippen LogP contribution in [0.1, 0.15) is 10.4 Å². The van der Waals surface area contributed by atoms with Crippen LogP contribution in [-0.2, 0) is 11.3 Å². The second-order valence-corrected chi connectivity index (χ2v) is 4.24. The van der Waals surface area contributed by atoms with Crippen molar-refractivity contribution in [1.29, 1.82) is 0 Å². The Morgan fingerprint density at radius 3 is 3.05 bits per heavy atom. The highest BCUT2D eigenvalue weighted by molar-refractivity contribution is 5.92. The first-order valence-corrected chi connectivity index (χ1v) is 5.87. The van der Waals surface area contributed by atoms with Crippen LogP contribution in [0.5, 0.6) is 5.75 Å². The van der Waals surface area contributed by atoms with E-state index in [1.165, 1.54) is 12.5 Å². The summed E-state index contributed by atoms with van der Waals surface area (Å²) in [6.07, 6.45) is 2.90. The van der Waals surface area contributed by atoms with Crippen molar-refractivity contribution in [2.24, 2.45) is 0 Å². The average Bonchev–Trinajstić information content (AvgIpc) is 2.82. The quantitative estimate of drug-likeness (QED) is 0.750. The Labute approximate surface area is 112 Å². The lowest BCUT2D eigenvalue weighted by Crippen LogP contribution is -2.08. The summed E-state index contributed by atoms with van der Waals surface area (Å²) in [5.41, 5.74) is -0.220. The molecule has 1 aromatic carbocycles. The van der Waals surface area contributed by atoms with Gasteiger partial charge in [0.15, 0.2) is 17.4 Å². The molecule has 2 aromatic rings. The molecule has 0 saturated carbocycles. The fourth-order valence-electron chi connectivity index (χ4n) is 2.19. The van der Waals surface area contributed by atoms with Crippen LogP contribution < -0.4 is 4.74 Å². The number of methoxy groups -OCH3 is 1. The van der Waals surface area contributed by atoms with Gasteiger partial charge in [-0.25, -0.2) is 18.6 Å². The molecule has 5 nitrogen and oxygen atoms in total. The normalized spacial score (nSPS) is 12.9. The number of hydrogen-bond acceptors (Lipinski definition) is 4. The number of ether oxygens (including phenoxy) is 2. The average molecular weight is 280 g/mol. The molecule has 1 aliphatic heterocycles. The minimum absolute atomic E-state index is 0.111. The second-order valence-electron chi connectivity index (χ2n) is 4.24. The minimum Gasteiger partial charge on any atom is -0.488 e. The molecule has 0 bridgehead atoms. The number of fused-ring (bicyclic) bond motifs is 3. The molecule has 0 N–H and O–H groups in total. The molecule has 1 aliphatic rings. The Hall–Kier alpha value is -2.44. The van der Waals surface area contributed by atoms with Crippen molar-refractivity contribution in [3.05, 3.63) is 35.8 Å². The van der Waals surface area contributed by atoms with Gasteiger partial charge in [0, 0.05) is 0 Å². The first-order chi connectivity index (χ1) is 9.63. The zero-order valence-corrected chi connectivity index (χ0v) is 10.5. The monoisotopic (exact) mass is 280 g/mol. The van der Waals surface area contributed by atoms with Crippen LogP contribution in [0.15, 0.2) is 18.6 Å². The molecule has 2 heterocycles. The first-order valence-electron chi connectivity index (χ1n) is 5.87.